The van der Waals surface area contributed by atoms with Crippen LogP contribution in [-0.2, 0) is 0 Å². The fourth-order valence-electron chi connectivity index (χ4n) is 4.34. The van der Waals surface area contributed by atoms with Crippen molar-refractivity contribution in [2.45, 2.75) is 12.5 Å². The van der Waals surface area contributed by atoms with Crippen molar-refractivity contribution in [2.24, 2.45) is 0 Å². The highest BCUT2D eigenvalue weighted by atomic mass is 28.1. The molecule has 2 nitrogen and oxygen atoms in total. The fraction of sp³-hybridized carbons (Fsp3) is 0.0667. The zero-order valence-corrected chi connectivity index (χ0v) is 19.4. The SMILES string of the molecule is [Si]c1cc(N(c2ccccc2)c2ccccc2)cc(N(c2ccccc2)C2C=CC=CC2)c1. The minimum absolute atomic E-state index is 0.251. The van der Waals surface area contributed by atoms with Crippen molar-refractivity contribution in [3.63, 3.8) is 0 Å². The van der Waals surface area contributed by atoms with E-state index < -0.39 is 0 Å². The van der Waals surface area contributed by atoms with Gasteiger partial charge in [0.05, 0.1) is 16.3 Å². The lowest BCUT2D eigenvalue weighted by molar-refractivity contribution is 0.785. The summed E-state index contributed by atoms with van der Waals surface area (Å²) in [5.41, 5.74) is 5.67. The van der Waals surface area contributed by atoms with Crippen LogP contribution in [0.3, 0.4) is 0 Å². The van der Waals surface area contributed by atoms with Crippen LogP contribution in [-0.4, -0.2) is 16.3 Å². The molecule has 3 radical (unpaired) electrons. The number of hydrogen-bond donors (Lipinski definition) is 0. The van der Waals surface area contributed by atoms with Gasteiger partial charge in [-0.15, -0.1) is 0 Å². The first-order chi connectivity index (χ1) is 16.3. The van der Waals surface area contributed by atoms with Gasteiger partial charge in [-0.1, -0.05) is 84.1 Å². The molecule has 1 atom stereocenters. The molecule has 4 aromatic rings. The van der Waals surface area contributed by atoms with E-state index in [1.807, 2.05) is 0 Å². The topological polar surface area (TPSA) is 6.48 Å². The van der Waals surface area contributed by atoms with E-state index in [0.717, 1.165) is 34.4 Å². The largest absolute Gasteiger partial charge is 0.334 e. The molecule has 33 heavy (non-hydrogen) atoms. The van der Waals surface area contributed by atoms with Crippen molar-refractivity contribution in [2.75, 3.05) is 9.80 Å². The maximum absolute atomic E-state index is 3.87. The predicted octanol–water partition coefficient (Wildman–Crippen LogP) is 6.97. The van der Waals surface area contributed by atoms with Gasteiger partial charge >= 0.3 is 0 Å². The van der Waals surface area contributed by atoms with Crippen molar-refractivity contribution in [1.29, 1.82) is 0 Å². The van der Waals surface area contributed by atoms with Crippen LogP contribution in [0.2, 0.25) is 0 Å². The summed E-state index contributed by atoms with van der Waals surface area (Å²) in [6, 6.07) is 38.6. The Morgan fingerprint density at radius 2 is 1.12 bits per heavy atom. The monoisotopic (exact) mass is 441 g/mol. The second-order valence-corrected chi connectivity index (χ2v) is 8.64. The Labute approximate surface area is 199 Å². The summed E-state index contributed by atoms with van der Waals surface area (Å²) in [7, 11) is 3.87. The maximum atomic E-state index is 3.87. The van der Waals surface area contributed by atoms with Crippen molar-refractivity contribution in [3.05, 3.63) is 133 Å². The van der Waals surface area contributed by atoms with E-state index in [1.54, 1.807) is 0 Å². The van der Waals surface area contributed by atoms with E-state index in [1.165, 1.54) is 5.69 Å². The van der Waals surface area contributed by atoms with Gasteiger partial charge in [0, 0.05) is 28.4 Å². The van der Waals surface area contributed by atoms with Crippen molar-refractivity contribution >= 4 is 43.9 Å². The Morgan fingerprint density at radius 1 is 0.576 bits per heavy atom. The van der Waals surface area contributed by atoms with Crippen LogP contribution < -0.4 is 15.0 Å². The molecule has 4 aromatic carbocycles. The van der Waals surface area contributed by atoms with Gasteiger partial charge in [-0.05, 0) is 61.0 Å². The molecule has 0 saturated carbocycles. The predicted molar refractivity (Wildman–Crippen MR) is 142 cm³/mol. The zero-order valence-electron chi connectivity index (χ0n) is 18.4. The van der Waals surface area contributed by atoms with Gasteiger partial charge in [-0.25, -0.2) is 0 Å². The molecule has 5 rings (SSSR count). The van der Waals surface area contributed by atoms with Gasteiger partial charge in [0.1, 0.15) is 0 Å². The van der Waals surface area contributed by atoms with E-state index >= 15 is 0 Å². The van der Waals surface area contributed by atoms with E-state index in [-0.39, 0.29) is 6.04 Å². The van der Waals surface area contributed by atoms with Crippen LogP contribution >= 0.6 is 0 Å². The smallest absolute Gasteiger partial charge is 0.0713 e. The molecule has 159 valence electrons. The highest BCUT2D eigenvalue weighted by Crippen LogP contribution is 2.38. The van der Waals surface area contributed by atoms with Gasteiger partial charge in [0.2, 0.25) is 0 Å². The number of anilines is 5. The molecule has 0 aliphatic heterocycles. The van der Waals surface area contributed by atoms with Crippen LogP contribution in [0.5, 0.6) is 0 Å². The molecule has 0 saturated heterocycles. The Morgan fingerprint density at radius 3 is 1.67 bits per heavy atom. The number of rotatable bonds is 6. The van der Waals surface area contributed by atoms with Crippen LogP contribution in [0, 0.1) is 0 Å². The third kappa shape index (κ3) is 4.69. The lowest BCUT2D eigenvalue weighted by Crippen LogP contribution is -2.30. The van der Waals surface area contributed by atoms with Gasteiger partial charge in [-0.2, -0.15) is 0 Å². The van der Waals surface area contributed by atoms with Crippen LogP contribution in [0.15, 0.2) is 133 Å². The third-order valence-electron chi connectivity index (χ3n) is 5.79. The summed E-state index contributed by atoms with van der Waals surface area (Å²) in [4.78, 5) is 4.72. The number of hydrogen-bond acceptors (Lipinski definition) is 2. The second kappa shape index (κ2) is 9.76. The third-order valence-corrected chi connectivity index (χ3v) is 6.08. The number of allylic oxidation sites excluding steroid dienone is 2. The van der Waals surface area contributed by atoms with Gasteiger partial charge in [0.25, 0.3) is 0 Å². The van der Waals surface area contributed by atoms with Crippen molar-refractivity contribution in [3.8, 4) is 0 Å². The van der Waals surface area contributed by atoms with Crippen molar-refractivity contribution in [1.82, 2.24) is 0 Å². The average molecular weight is 442 g/mol. The maximum Gasteiger partial charge on any atom is 0.0713 e. The number of nitrogens with zero attached hydrogens (tertiary/aromatic N) is 2. The van der Waals surface area contributed by atoms with Gasteiger partial charge in [0.15, 0.2) is 0 Å². The molecule has 0 fully saturated rings. The van der Waals surface area contributed by atoms with E-state index in [2.05, 4.69) is 154 Å². The number of benzene rings is 4. The Kier molecular flexibility index (Phi) is 6.22. The van der Waals surface area contributed by atoms with E-state index in [9.17, 15) is 0 Å². The highest BCUT2D eigenvalue weighted by Gasteiger charge is 2.21. The summed E-state index contributed by atoms with van der Waals surface area (Å²) in [5, 5.41) is 1.04. The first-order valence-electron chi connectivity index (χ1n) is 11.2. The van der Waals surface area contributed by atoms with Crippen LogP contribution in [0.25, 0.3) is 0 Å². The Hall–Kier alpha value is -3.82. The first kappa shape index (κ1) is 21.0. The molecule has 1 aliphatic carbocycles. The highest BCUT2D eigenvalue weighted by molar-refractivity contribution is 6.33. The average Bonchev–Trinajstić information content (AvgIpc) is 2.87. The lowest BCUT2D eigenvalue weighted by Gasteiger charge is -2.34. The molecule has 0 amide bonds. The minimum Gasteiger partial charge on any atom is -0.334 e. The molecule has 0 bridgehead atoms. The van der Waals surface area contributed by atoms with E-state index in [4.69, 9.17) is 0 Å². The molecule has 0 heterocycles. The zero-order chi connectivity index (χ0) is 22.5. The fourth-order valence-corrected chi connectivity index (χ4v) is 4.64. The molecular formula is C30H25N2Si. The van der Waals surface area contributed by atoms with Crippen molar-refractivity contribution < 1.29 is 0 Å². The molecule has 0 N–H and O–H groups in total. The molecule has 0 spiro atoms. The Balaban J connectivity index is 1.65. The molecule has 1 aliphatic rings. The minimum atomic E-state index is 0.251. The summed E-state index contributed by atoms with van der Waals surface area (Å²) in [5.74, 6) is 0. The van der Waals surface area contributed by atoms with Crippen LogP contribution in [0.1, 0.15) is 6.42 Å². The second-order valence-electron chi connectivity index (χ2n) is 8.07. The lowest BCUT2D eigenvalue weighted by atomic mass is 10.0. The van der Waals surface area contributed by atoms with E-state index in [0.29, 0.717) is 0 Å². The quantitative estimate of drug-likeness (QED) is 0.298. The summed E-state index contributed by atoms with van der Waals surface area (Å²) < 4.78 is 0. The number of para-hydroxylation sites is 3. The first-order valence-corrected chi connectivity index (χ1v) is 11.7. The van der Waals surface area contributed by atoms with Crippen LogP contribution in [0.4, 0.5) is 28.4 Å². The summed E-state index contributed by atoms with van der Waals surface area (Å²) >= 11 is 0. The summed E-state index contributed by atoms with van der Waals surface area (Å²) in [6.07, 6.45) is 9.74. The summed E-state index contributed by atoms with van der Waals surface area (Å²) in [6.45, 7) is 0. The van der Waals surface area contributed by atoms with Gasteiger partial charge < -0.3 is 9.80 Å². The normalized spacial score (nSPS) is 14.8. The molecule has 0 aromatic heterocycles. The molecular weight excluding hydrogens is 416 g/mol. The molecule has 3 heteroatoms. The Bertz CT molecular complexity index is 1210. The standard InChI is InChI=1S/C30H25N2Si/c33-30-22-28(31(24-13-5-1-6-14-24)25-15-7-2-8-16-25)21-29(23-30)32(26-17-9-3-10-18-26)27-19-11-4-12-20-27/h1-19,21-23,27H,20H2. The molecule has 1 unspecified atom stereocenters. The van der Waals surface area contributed by atoms with Gasteiger partial charge in [-0.3, -0.25) is 0 Å².